The van der Waals surface area contributed by atoms with Crippen LogP contribution in [0, 0.1) is 10.8 Å². The van der Waals surface area contributed by atoms with E-state index in [2.05, 4.69) is 65.8 Å². The van der Waals surface area contributed by atoms with Crippen LogP contribution in [0.25, 0.3) is 0 Å². The third kappa shape index (κ3) is 5.14. The topological polar surface area (TPSA) is 40.5 Å². The second-order valence-electron chi connectivity index (χ2n) is 10.5. The lowest BCUT2D eigenvalue weighted by Gasteiger charge is -2.43. The third-order valence-corrected chi connectivity index (χ3v) is 10.7. The van der Waals surface area contributed by atoms with Crippen LogP contribution in [-0.2, 0) is 0 Å². The Bertz CT molecular complexity index is 696. The van der Waals surface area contributed by atoms with Crippen molar-refractivity contribution in [1.82, 2.24) is 0 Å². The number of rotatable bonds is 9. The van der Waals surface area contributed by atoms with Crippen molar-refractivity contribution in [2.45, 2.75) is 65.8 Å². The van der Waals surface area contributed by atoms with Gasteiger partial charge in [-0.2, -0.15) is 0 Å². The fourth-order valence-electron chi connectivity index (χ4n) is 4.58. The number of aliphatic hydroxyl groups is 1. The first kappa shape index (κ1) is 22.9. The smallest absolute Gasteiger partial charge is 0.258 e. The van der Waals surface area contributed by atoms with Crippen LogP contribution >= 0.6 is 0 Å². The maximum Gasteiger partial charge on any atom is 0.258 e. The number of hydrogen-bond donors (Lipinski definition) is 2. The second-order valence-corrected chi connectivity index (χ2v) is 14.4. The van der Waals surface area contributed by atoms with E-state index in [9.17, 15) is 9.90 Å². The largest absolute Gasteiger partial charge is 0.424 e. The molecular weight excluding hydrogens is 360 g/mol. The molecule has 0 radical (unpaired) electrons. The highest BCUT2D eigenvalue weighted by atomic mass is 28.4. The summed E-state index contributed by atoms with van der Waals surface area (Å²) in [6, 6.07) is 20.5. The maximum absolute atomic E-state index is 12.3. The molecule has 0 atom stereocenters. The third-order valence-electron chi connectivity index (χ3n) is 6.17. The molecule has 0 aromatic heterocycles. The Morgan fingerprint density at radius 2 is 1.11 bits per heavy atom. The molecule has 0 saturated carbocycles. The van der Waals surface area contributed by atoms with E-state index in [1.807, 2.05) is 36.4 Å². The summed E-state index contributed by atoms with van der Waals surface area (Å²) in [6.45, 7) is 13.5. The summed E-state index contributed by atoms with van der Waals surface area (Å²) in [5.74, 6) is 0. The summed E-state index contributed by atoms with van der Waals surface area (Å²) in [6.07, 6.45) is 2.91. The molecule has 0 aliphatic carbocycles. The molecule has 0 amide bonds. The van der Waals surface area contributed by atoms with E-state index in [4.69, 9.17) is 0 Å². The van der Waals surface area contributed by atoms with E-state index in [0.29, 0.717) is 0 Å². The lowest BCUT2D eigenvalue weighted by molar-refractivity contribution is 0.0958. The molecule has 0 bridgehead atoms. The Morgan fingerprint density at radius 1 is 0.679 bits per heavy atom. The highest BCUT2D eigenvalue weighted by molar-refractivity contribution is 6.98. The molecule has 0 aliphatic rings. The van der Waals surface area contributed by atoms with Gasteiger partial charge in [0, 0.05) is 6.61 Å². The minimum Gasteiger partial charge on any atom is -0.424 e. The monoisotopic (exact) mass is 398 g/mol. The van der Waals surface area contributed by atoms with Gasteiger partial charge in [0.2, 0.25) is 0 Å². The molecular formula is C25H38O2Si. The lowest BCUT2D eigenvalue weighted by Crippen LogP contribution is -2.65. The van der Waals surface area contributed by atoms with E-state index in [-0.39, 0.29) is 22.5 Å². The molecule has 0 fully saturated rings. The van der Waals surface area contributed by atoms with Crippen LogP contribution in [0.1, 0.15) is 60.8 Å². The maximum atomic E-state index is 12.3. The van der Waals surface area contributed by atoms with Gasteiger partial charge in [0.25, 0.3) is 8.32 Å². The molecule has 0 saturated heterocycles. The normalized spacial score (nSPS) is 13.6. The van der Waals surface area contributed by atoms with Crippen molar-refractivity contribution in [3.8, 4) is 0 Å². The van der Waals surface area contributed by atoms with Crippen molar-refractivity contribution < 1.29 is 9.90 Å². The Morgan fingerprint density at radius 3 is 1.50 bits per heavy atom. The average molecular weight is 399 g/mol. The minimum absolute atomic E-state index is 0.0831. The van der Waals surface area contributed by atoms with E-state index >= 15 is 0 Å². The molecule has 2 N–H and O–H groups in total. The van der Waals surface area contributed by atoms with Gasteiger partial charge < -0.3 is 9.90 Å². The van der Waals surface area contributed by atoms with Gasteiger partial charge in [0.15, 0.2) is 0 Å². The second kappa shape index (κ2) is 8.52. The SMILES string of the molecule is CC(C)(CO)CC(C)(C)CCC(C)(C)[Si](O)(c1ccccc1)c1ccccc1. The molecule has 3 heteroatoms. The molecule has 0 aliphatic heterocycles. The van der Waals surface area contributed by atoms with Crippen molar-refractivity contribution in [2.75, 3.05) is 6.61 Å². The van der Waals surface area contributed by atoms with Crippen LogP contribution < -0.4 is 10.4 Å². The van der Waals surface area contributed by atoms with E-state index in [0.717, 1.165) is 29.6 Å². The first-order valence-corrected chi connectivity index (χ1v) is 12.3. The summed E-state index contributed by atoms with van der Waals surface area (Å²) in [5, 5.41) is 11.6. The first-order valence-electron chi connectivity index (χ1n) is 10.4. The molecule has 2 aromatic carbocycles. The van der Waals surface area contributed by atoms with Gasteiger partial charge in [0.05, 0.1) is 0 Å². The Labute approximate surface area is 172 Å². The van der Waals surface area contributed by atoms with Crippen molar-refractivity contribution in [1.29, 1.82) is 0 Å². The summed E-state index contributed by atoms with van der Waals surface area (Å²) in [7, 11) is -2.95. The predicted molar refractivity (Wildman–Crippen MR) is 123 cm³/mol. The zero-order chi connectivity index (χ0) is 21.1. The molecule has 0 spiro atoms. The van der Waals surface area contributed by atoms with E-state index < -0.39 is 8.32 Å². The quantitative estimate of drug-likeness (QED) is 0.599. The van der Waals surface area contributed by atoms with Gasteiger partial charge in [-0.1, -0.05) is 102 Å². The van der Waals surface area contributed by atoms with Gasteiger partial charge in [-0.25, -0.2) is 0 Å². The molecule has 2 nitrogen and oxygen atoms in total. The van der Waals surface area contributed by atoms with Crippen molar-refractivity contribution in [3.63, 3.8) is 0 Å². The summed E-state index contributed by atoms with van der Waals surface area (Å²) >= 11 is 0. The number of hydrogen-bond acceptors (Lipinski definition) is 2. The van der Waals surface area contributed by atoms with Gasteiger partial charge in [-0.05, 0) is 45.5 Å². The van der Waals surface area contributed by atoms with Crippen LogP contribution in [-0.4, -0.2) is 24.8 Å². The van der Waals surface area contributed by atoms with Crippen LogP contribution in [0.4, 0.5) is 0 Å². The minimum atomic E-state index is -2.95. The van der Waals surface area contributed by atoms with Gasteiger partial charge in [0.1, 0.15) is 0 Å². The van der Waals surface area contributed by atoms with Gasteiger partial charge in [-0.3, -0.25) is 0 Å². The summed E-state index contributed by atoms with van der Waals surface area (Å²) < 4.78 is 0. The molecule has 0 heterocycles. The molecule has 28 heavy (non-hydrogen) atoms. The summed E-state index contributed by atoms with van der Waals surface area (Å²) in [4.78, 5) is 12.3. The highest BCUT2D eigenvalue weighted by Crippen LogP contribution is 2.45. The van der Waals surface area contributed by atoms with Gasteiger partial charge in [-0.15, -0.1) is 0 Å². The highest BCUT2D eigenvalue weighted by Gasteiger charge is 2.50. The number of aliphatic hydroxyl groups excluding tert-OH is 1. The molecule has 0 unspecified atom stereocenters. The number of benzene rings is 2. The summed E-state index contributed by atoms with van der Waals surface area (Å²) in [5.41, 5.74) is 0.0203. The van der Waals surface area contributed by atoms with Crippen molar-refractivity contribution in [3.05, 3.63) is 60.7 Å². The Hall–Kier alpha value is -1.42. The Balaban J connectivity index is 2.35. The molecule has 2 rings (SSSR count). The predicted octanol–water partition coefficient (Wildman–Crippen LogP) is 4.73. The van der Waals surface area contributed by atoms with E-state index in [1.165, 1.54) is 0 Å². The van der Waals surface area contributed by atoms with Crippen LogP contribution in [0.2, 0.25) is 5.04 Å². The average Bonchev–Trinajstić information content (AvgIpc) is 2.66. The van der Waals surface area contributed by atoms with Crippen molar-refractivity contribution in [2.24, 2.45) is 10.8 Å². The van der Waals surface area contributed by atoms with Crippen LogP contribution in [0.15, 0.2) is 60.7 Å². The van der Waals surface area contributed by atoms with E-state index in [1.54, 1.807) is 0 Å². The zero-order valence-electron chi connectivity index (χ0n) is 18.5. The fraction of sp³-hybridized carbons (Fsp3) is 0.520. The zero-order valence-corrected chi connectivity index (χ0v) is 19.5. The van der Waals surface area contributed by atoms with Gasteiger partial charge >= 0.3 is 0 Å². The lowest BCUT2D eigenvalue weighted by atomic mass is 9.72. The van der Waals surface area contributed by atoms with Crippen LogP contribution in [0.3, 0.4) is 0 Å². The molecule has 154 valence electrons. The standard InChI is InChI=1S/C25H38O2Si/c1-23(2,19-24(3,4)20-26)17-18-25(5,6)28(27,21-13-9-7-10-14-21)22-15-11-8-12-16-22/h7-16,26-27H,17-20H2,1-6H3. The van der Waals surface area contributed by atoms with Crippen LogP contribution in [0.5, 0.6) is 0 Å². The fourth-order valence-corrected chi connectivity index (χ4v) is 8.31. The molecule has 2 aromatic rings. The Kier molecular flexibility index (Phi) is 6.96. The first-order chi connectivity index (χ1) is 12.9. The van der Waals surface area contributed by atoms with Crippen molar-refractivity contribution >= 4 is 18.7 Å².